The van der Waals surface area contributed by atoms with Crippen LogP contribution in [0.4, 0.5) is 0 Å². The van der Waals surface area contributed by atoms with Crippen LogP contribution in [0.25, 0.3) is 11.4 Å². The Kier molecular flexibility index (Phi) is 3.89. The standard InChI is InChI=1S/C15H18BrN3O/c1-9-8-10(16)6-7-11(9)14-18-15(20-19-14)12-4-2-3-5-13(12)17/h6-8,12-13H,2-5,17H2,1H3. The van der Waals surface area contributed by atoms with Crippen molar-refractivity contribution in [2.75, 3.05) is 0 Å². The highest BCUT2D eigenvalue weighted by Crippen LogP contribution is 2.32. The third kappa shape index (κ3) is 2.65. The van der Waals surface area contributed by atoms with E-state index in [2.05, 4.69) is 32.1 Å². The van der Waals surface area contributed by atoms with Gasteiger partial charge in [-0.1, -0.05) is 33.9 Å². The highest BCUT2D eigenvalue weighted by Gasteiger charge is 2.28. The van der Waals surface area contributed by atoms with Crippen LogP contribution in [0.3, 0.4) is 0 Å². The van der Waals surface area contributed by atoms with Crippen LogP contribution in [-0.2, 0) is 0 Å². The number of halogens is 1. The molecule has 1 fully saturated rings. The summed E-state index contributed by atoms with van der Waals surface area (Å²) in [6.07, 6.45) is 4.47. The van der Waals surface area contributed by atoms with E-state index in [1.807, 2.05) is 19.1 Å². The van der Waals surface area contributed by atoms with Gasteiger partial charge in [-0.05, 0) is 43.5 Å². The first-order valence-corrected chi connectivity index (χ1v) is 7.80. The molecule has 0 saturated heterocycles. The molecule has 2 unspecified atom stereocenters. The second kappa shape index (κ2) is 5.66. The molecule has 0 bridgehead atoms. The Labute approximate surface area is 126 Å². The SMILES string of the molecule is Cc1cc(Br)ccc1-c1noc(C2CCCCC2N)n1. The Balaban J connectivity index is 1.89. The molecule has 0 spiro atoms. The first-order valence-electron chi connectivity index (χ1n) is 7.01. The van der Waals surface area contributed by atoms with Crippen LogP contribution >= 0.6 is 15.9 Å². The number of aromatic nitrogens is 2. The van der Waals surface area contributed by atoms with E-state index in [0.717, 1.165) is 28.4 Å². The van der Waals surface area contributed by atoms with Crippen LogP contribution in [-0.4, -0.2) is 16.2 Å². The van der Waals surface area contributed by atoms with Gasteiger partial charge in [-0.15, -0.1) is 0 Å². The Bertz CT molecular complexity index is 611. The molecule has 2 atom stereocenters. The molecule has 1 aromatic carbocycles. The van der Waals surface area contributed by atoms with Crippen LogP contribution in [0.2, 0.25) is 0 Å². The minimum atomic E-state index is 0.142. The maximum atomic E-state index is 6.17. The largest absolute Gasteiger partial charge is 0.339 e. The van der Waals surface area contributed by atoms with E-state index in [1.54, 1.807) is 0 Å². The summed E-state index contributed by atoms with van der Waals surface area (Å²) in [7, 11) is 0. The van der Waals surface area contributed by atoms with Crippen molar-refractivity contribution in [3.05, 3.63) is 34.1 Å². The van der Waals surface area contributed by atoms with Gasteiger partial charge in [-0.2, -0.15) is 4.98 Å². The van der Waals surface area contributed by atoms with Crippen LogP contribution in [0.15, 0.2) is 27.2 Å². The van der Waals surface area contributed by atoms with Gasteiger partial charge in [0.15, 0.2) is 0 Å². The molecule has 20 heavy (non-hydrogen) atoms. The predicted octanol–water partition coefficient (Wildman–Crippen LogP) is 3.79. The number of rotatable bonds is 2. The maximum absolute atomic E-state index is 6.17. The second-order valence-corrected chi connectivity index (χ2v) is 6.39. The van der Waals surface area contributed by atoms with Crippen LogP contribution in [0.5, 0.6) is 0 Å². The van der Waals surface area contributed by atoms with Gasteiger partial charge in [0.25, 0.3) is 0 Å². The molecule has 1 aliphatic carbocycles. The van der Waals surface area contributed by atoms with Crippen LogP contribution in [0, 0.1) is 6.92 Å². The molecule has 1 aromatic heterocycles. The summed E-state index contributed by atoms with van der Waals surface area (Å²) in [5.74, 6) is 1.55. The number of nitrogens with zero attached hydrogens (tertiary/aromatic N) is 2. The molecule has 0 aliphatic heterocycles. The summed E-state index contributed by atoms with van der Waals surface area (Å²) in [5, 5.41) is 4.13. The Morgan fingerprint density at radius 2 is 2.10 bits per heavy atom. The van der Waals surface area contributed by atoms with Crippen molar-refractivity contribution < 1.29 is 4.52 Å². The van der Waals surface area contributed by atoms with Gasteiger partial charge in [0, 0.05) is 16.1 Å². The smallest absolute Gasteiger partial charge is 0.231 e. The van der Waals surface area contributed by atoms with Gasteiger partial charge in [0.2, 0.25) is 11.7 Å². The van der Waals surface area contributed by atoms with Gasteiger partial charge in [-0.3, -0.25) is 0 Å². The molecule has 5 heteroatoms. The highest BCUT2D eigenvalue weighted by atomic mass is 79.9. The summed E-state index contributed by atoms with van der Waals surface area (Å²) < 4.78 is 6.51. The lowest BCUT2D eigenvalue weighted by Crippen LogP contribution is -2.31. The monoisotopic (exact) mass is 335 g/mol. The van der Waals surface area contributed by atoms with Crippen molar-refractivity contribution in [1.29, 1.82) is 0 Å². The fraction of sp³-hybridized carbons (Fsp3) is 0.467. The first kappa shape index (κ1) is 13.8. The van der Waals surface area contributed by atoms with E-state index in [4.69, 9.17) is 10.3 Å². The average Bonchev–Trinajstić information content (AvgIpc) is 2.88. The Morgan fingerprint density at radius 3 is 2.85 bits per heavy atom. The first-order chi connectivity index (χ1) is 9.65. The molecule has 2 aromatic rings. The molecule has 0 amide bonds. The lowest BCUT2D eigenvalue weighted by molar-refractivity contribution is 0.290. The summed E-state index contributed by atoms with van der Waals surface area (Å²) in [6, 6.07) is 6.19. The molecule has 1 heterocycles. The zero-order valence-electron chi connectivity index (χ0n) is 11.5. The van der Waals surface area contributed by atoms with E-state index in [9.17, 15) is 0 Å². The number of benzene rings is 1. The van der Waals surface area contributed by atoms with Crippen molar-refractivity contribution >= 4 is 15.9 Å². The van der Waals surface area contributed by atoms with E-state index in [1.165, 1.54) is 12.8 Å². The zero-order valence-corrected chi connectivity index (χ0v) is 13.1. The minimum absolute atomic E-state index is 0.142. The Hall–Kier alpha value is -1.20. The molecule has 0 radical (unpaired) electrons. The molecule has 2 N–H and O–H groups in total. The van der Waals surface area contributed by atoms with Crippen molar-refractivity contribution in [2.45, 2.75) is 44.6 Å². The normalized spacial score (nSPS) is 22.9. The van der Waals surface area contributed by atoms with Gasteiger partial charge in [0.1, 0.15) is 0 Å². The summed E-state index contributed by atoms with van der Waals surface area (Å²) in [6.45, 7) is 2.04. The fourth-order valence-electron chi connectivity index (χ4n) is 2.84. The third-order valence-electron chi connectivity index (χ3n) is 4.01. The van der Waals surface area contributed by atoms with Gasteiger partial charge in [-0.25, -0.2) is 0 Å². The molecule has 3 rings (SSSR count). The zero-order chi connectivity index (χ0) is 14.1. The number of nitrogens with two attached hydrogens (primary N) is 1. The average molecular weight is 336 g/mol. The van der Waals surface area contributed by atoms with Crippen molar-refractivity contribution in [2.24, 2.45) is 5.73 Å². The van der Waals surface area contributed by atoms with E-state index in [-0.39, 0.29) is 12.0 Å². The molecule has 106 valence electrons. The van der Waals surface area contributed by atoms with Gasteiger partial charge in [0.05, 0.1) is 5.92 Å². The molecule has 1 saturated carbocycles. The van der Waals surface area contributed by atoms with Gasteiger partial charge < -0.3 is 10.3 Å². The molecule has 1 aliphatic rings. The molecule has 4 nitrogen and oxygen atoms in total. The number of hydrogen-bond acceptors (Lipinski definition) is 4. The summed E-state index contributed by atoms with van der Waals surface area (Å²) in [4.78, 5) is 4.57. The topological polar surface area (TPSA) is 64.9 Å². The fourth-order valence-corrected chi connectivity index (χ4v) is 3.31. The quantitative estimate of drug-likeness (QED) is 0.906. The van der Waals surface area contributed by atoms with Gasteiger partial charge >= 0.3 is 0 Å². The summed E-state index contributed by atoms with van der Waals surface area (Å²) >= 11 is 3.46. The molecular weight excluding hydrogens is 318 g/mol. The van der Waals surface area contributed by atoms with E-state index in [0.29, 0.717) is 11.7 Å². The van der Waals surface area contributed by atoms with E-state index < -0.39 is 0 Å². The van der Waals surface area contributed by atoms with Crippen molar-refractivity contribution in [3.63, 3.8) is 0 Å². The van der Waals surface area contributed by atoms with Crippen molar-refractivity contribution in [3.8, 4) is 11.4 Å². The lowest BCUT2D eigenvalue weighted by Gasteiger charge is -2.25. The Morgan fingerprint density at radius 1 is 1.30 bits per heavy atom. The number of aryl methyl sites for hydroxylation is 1. The third-order valence-corrected chi connectivity index (χ3v) is 4.50. The highest BCUT2D eigenvalue weighted by molar-refractivity contribution is 9.10. The lowest BCUT2D eigenvalue weighted by atomic mass is 9.85. The molecular formula is C15H18BrN3O. The maximum Gasteiger partial charge on any atom is 0.231 e. The minimum Gasteiger partial charge on any atom is -0.339 e. The summed E-state index contributed by atoms with van der Waals surface area (Å²) in [5.41, 5.74) is 8.31. The second-order valence-electron chi connectivity index (χ2n) is 5.47. The van der Waals surface area contributed by atoms with E-state index >= 15 is 0 Å². The predicted molar refractivity (Wildman–Crippen MR) is 81.4 cm³/mol. The number of hydrogen-bond donors (Lipinski definition) is 1. The van der Waals surface area contributed by atoms with Crippen LogP contribution in [0.1, 0.15) is 43.1 Å². The van der Waals surface area contributed by atoms with Crippen LogP contribution < -0.4 is 5.73 Å². The van der Waals surface area contributed by atoms with Crippen molar-refractivity contribution in [1.82, 2.24) is 10.1 Å².